The summed E-state index contributed by atoms with van der Waals surface area (Å²) in [6.07, 6.45) is 1.25. The van der Waals surface area contributed by atoms with E-state index in [1.54, 1.807) is 4.90 Å². The van der Waals surface area contributed by atoms with E-state index < -0.39 is 5.41 Å². The fraction of sp³-hybridized carbons (Fsp3) is 0.556. The normalized spacial score (nSPS) is 24.3. The Labute approximate surface area is 132 Å². The number of rotatable bonds is 1. The molecule has 1 saturated heterocycles. The van der Waals surface area contributed by atoms with Crippen molar-refractivity contribution in [1.29, 1.82) is 0 Å². The van der Waals surface area contributed by atoms with Crippen molar-refractivity contribution < 1.29 is 9.59 Å². The van der Waals surface area contributed by atoms with Crippen LogP contribution < -0.4 is 4.90 Å². The summed E-state index contributed by atoms with van der Waals surface area (Å²) in [5.74, 6) is 0.281. The van der Waals surface area contributed by atoms with Crippen molar-refractivity contribution in [3.05, 3.63) is 29.8 Å². The molecule has 1 spiro atoms. The Kier molecular flexibility index (Phi) is 3.31. The molecule has 1 aromatic carbocycles. The monoisotopic (exact) mass is 300 g/mol. The minimum Gasteiger partial charge on any atom is -0.341 e. The zero-order valence-corrected chi connectivity index (χ0v) is 13.8. The number of benzene rings is 1. The second kappa shape index (κ2) is 4.83. The molecular weight excluding hydrogens is 276 g/mol. The lowest BCUT2D eigenvalue weighted by Crippen LogP contribution is -2.42. The van der Waals surface area contributed by atoms with E-state index >= 15 is 0 Å². The molecule has 1 atom stereocenters. The molecule has 4 nitrogen and oxygen atoms in total. The van der Waals surface area contributed by atoms with Gasteiger partial charge in [0.25, 0.3) is 0 Å². The van der Waals surface area contributed by atoms with Crippen LogP contribution in [0.15, 0.2) is 24.3 Å². The van der Waals surface area contributed by atoms with Crippen molar-refractivity contribution in [3.8, 4) is 0 Å². The van der Waals surface area contributed by atoms with Gasteiger partial charge in [-0.1, -0.05) is 39.0 Å². The lowest BCUT2D eigenvalue weighted by atomic mass is 9.81. The molecule has 2 aliphatic rings. The molecule has 2 heterocycles. The number of carbonyl (C=O) groups excluding carboxylic acids is 2. The van der Waals surface area contributed by atoms with Crippen LogP contribution in [0.1, 0.15) is 39.2 Å². The summed E-state index contributed by atoms with van der Waals surface area (Å²) >= 11 is 0. The quantitative estimate of drug-likeness (QED) is 0.800. The van der Waals surface area contributed by atoms with Gasteiger partial charge in [-0.3, -0.25) is 9.59 Å². The second-order valence-corrected chi connectivity index (χ2v) is 7.77. The first-order valence-electron chi connectivity index (χ1n) is 7.90. The van der Waals surface area contributed by atoms with Crippen LogP contribution in [0.3, 0.4) is 0 Å². The van der Waals surface area contributed by atoms with E-state index in [0.717, 1.165) is 17.7 Å². The summed E-state index contributed by atoms with van der Waals surface area (Å²) in [5, 5.41) is 0. The third-order valence-electron chi connectivity index (χ3n) is 4.80. The highest BCUT2D eigenvalue weighted by Gasteiger charge is 2.54. The van der Waals surface area contributed by atoms with Gasteiger partial charge < -0.3 is 9.80 Å². The maximum absolute atomic E-state index is 12.8. The predicted molar refractivity (Wildman–Crippen MR) is 86.8 cm³/mol. The third-order valence-corrected chi connectivity index (χ3v) is 4.80. The number of likely N-dealkylation sites (tertiary alicyclic amines) is 1. The van der Waals surface area contributed by atoms with Gasteiger partial charge in [-0.15, -0.1) is 0 Å². The Morgan fingerprint density at radius 1 is 1.27 bits per heavy atom. The number of hydrogen-bond donors (Lipinski definition) is 0. The summed E-state index contributed by atoms with van der Waals surface area (Å²) in [7, 11) is 1.83. The van der Waals surface area contributed by atoms with Crippen LogP contribution in [0.2, 0.25) is 0 Å². The first kappa shape index (κ1) is 15.1. The standard InChI is InChI=1S/C18H24N2O2/c1-17(2,3)11-15(21)20-10-9-18(12-20)13-7-5-6-8-14(13)19(4)16(18)22/h5-8H,9-12H2,1-4H3/t18-/m1/s1. The molecular formula is C18H24N2O2. The topological polar surface area (TPSA) is 40.6 Å². The van der Waals surface area contributed by atoms with E-state index in [0.29, 0.717) is 19.5 Å². The van der Waals surface area contributed by atoms with Gasteiger partial charge in [0.05, 0.1) is 5.41 Å². The van der Waals surface area contributed by atoms with Crippen LogP contribution in [-0.2, 0) is 15.0 Å². The molecule has 3 rings (SSSR count). The van der Waals surface area contributed by atoms with Gasteiger partial charge in [0.2, 0.25) is 11.8 Å². The fourth-order valence-electron chi connectivity index (χ4n) is 3.70. The highest BCUT2D eigenvalue weighted by Crippen LogP contribution is 2.46. The number of para-hydroxylation sites is 1. The maximum atomic E-state index is 12.8. The average molecular weight is 300 g/mol. The van der Waals surface area contributed by atoms with Gasteiger partial charge in [-0.25, -0.2) is 0 Å². The molecule has 0 saturated carbocycles. The van der Waals surface area contributed by atoms with Gasteiger partial charge in [0.1, 0.15) is 0 Å². The van der Waals surface area contributed by atoms with Gasteiger partial charge in [0, 0.05) is 32.2 Å². The van der Waals surface area contributed by atoms with Crippen molar-refractivity contribution >= 4 is 17.5 Å². The number of fused-ring (bicyclic) bond motifs is 2. The Balaban J connectivity index is 1.88. The number of likely N-dealkylation sites (N-methyl/N-ethyl adjacent to an activating group) is 1. The van der Waals surface area contributed by atoms with Gasteiger partial charge in [-0.2, -0.15) is 0 Å². The SMILES string of the molecule is CN1C(=O)[C@@]2(CCN(C(=O)CC(C)(C)C)C2)c2ccccc21. The van der Waals surface area contributed by atoms with Crippen LogP contribution in [0.5, 0.6) is 0 Å². The lowest BCUT2D eigenvalue weighted by molar-refractivity contribution is -0.132. The number of carbonyl (C=O) groups is 2. The van der Waals surface area contributed by atoms with E-state index in [1.165, 1.54) is 0 Å². The molecule has 118 valence electrons. The van der Waals surface area contributed by atoms with Crippen molar-refractivity contribution in [2.45, 2.75) is 39.0 Å². The highest BCUT2D eigenvalue weighted by molar-refractivity contribution is 6.08. The number of amides is 2. The number of nitrogens with zero attached hydrogens (tertiary/aromatic N) is 2. The molecule has 2 aliphatic heterocycles. The summed E-state index contributed by atoms with van der Waals surface area (Å²) in [5.41, 5.74) is 1.51. The summed E-state index contributed by atoms with van der Waals surface area (Å²) in [6, 6.07) is 7.96. The molecule has 22 heavy (non-hydrogen) atoms. The Morgan fingerprint density at radius 3 is 2.64 bits per heavy atom. The third kappa shape index (κ3) is 2.21. The van der Waals surface area contributed by atoms with Crippen molar-refractivity contribution in [2.24, 2.45) is 5.41 Å². The van der Waals surface area contributed by atoms with Crippen molar-refractivity contribution in [1.82, 2.24) is 4.90 Å². The molecule has 0 aromatic heterocycles. The molecule has 1 fully saturated rings. The second-order valence-electron chi connectivity index (χ2n) is 7.77. The maximum Gasteiger partial charge on any atom is 0.239 e. The van der Waals surface area contributed by atoms with Crippen molar-refractivity contribution in [3.63, 3.8) is 0 Å². The molecule has 0 N–H and O–H groups in total. The zero-order chi connectivity index (χ0) is 16.1. The first-order valence-corrected chi connectivity index (χ1v) is 7.90. The van der Waals surface area contributed by atoms with Crippen LogP contribution in [0.25, 0.3) is 0 Å². The Bertz CT molecular complexity index is 632. The predicted octanol–water partition coefficient (Wildman–Crippen LogP) is 2.57. The van der Waals surface area contributed by atoms with Crippen molar-refractivity contribution in [2.75, 3.05) is 25.0 Å². The Morgan fingerprint density at radius 2 is 1.95 bits per heavy atom. The van der Waals surface area contributed by atoms with Crippen LogP contribution in [-0.4, -0.2) is 36.9 Å². The molecule has 1 aromatic rings. The molecule has 0 unspecified atom stereocenters. The van der Waals surface area contributed by atoms with E-state index in [9.17, 15) is 9.59 Å². The summed E-state index contributed by atoms with van der Waals surface area (Å²) in [4.78, 5) is 28.9. The smallest absolute Gasteiger partial charge is 0.239 e. The van der Waals surface area contributed by atoms with E-state index in [2.05, 4.69) is 20.8 Å². The largest absolute Gasteiger partial charge is 0.341 e. The van der Waals surface area contributed by atoms with E-state index in [4.69, 9.17) is 0 Å². The molecule has 0 radical (unpaired) electrons. The van der Waals surface area contributed by atoms with Crippen LogP contribution in [0, 0.1) is 5.41 Å². The van der Waals surface area contributed by atoms with Gasteiger partial charge >= 0.3 is 0 Å². The summed E-state index contributed by atoms with van der Waals surface area (Å²) in [6.45, 7) is 7.40. The molecule has 0 bridgehead atoms. The highest BCUT2D eigenvalue weighted by atomic mass is 16.2. The lowest BCUT2D eigenvalue weighted by Gasteiger charge is -2.26. The minimum atomic E-state index is -0.529. The van der Waals surface area contributed by atoms with Crippen LogP contribution >= 0.6 is 0 Å². The van der Waals surface area contributed by atoms with Gasteiger partial charge in [-0.05, 0) is 23.5 Å². The van der Waals surface area contributed by atoms with Gasteiger partial charge in [0.15, 0.2) is 0 Å². The fourth-order valence-corrected chi connectivity index (χ4v) is 3.70. The average Bonchev–Trinajstić information content (AvgIpc) is 2.97. The molecule has 0 aliphatic carbocycles. The summed E-state index contributed by atoms with van der Waals surface area (Å²) < 4.78 is 0. The first-order chi connectivity index (χ1) is 10.2. The number of anilines is 1. The number of hydrogen-bond acceptors (Lipinski definition) is 2. The zero-order valence-electron chi connectivity index (χ0n) is 13.8. The Hall–Kier alpha value is -1.84. The minimum absolute atomic E-state index is 0.0266. The molecule has 4 heteroatoms. The van der Waals surface area contributed by atoms with Crippen LogP contribution in [0.4, 0.5) is 5.69 Å². The van der Waals surface area contributed by atoms with E-state index in [-0.39, 0.29) is 17.2 Å². The molecule has 2 amide bonds. The van der Waals surface area contributed by atoms with E-state index in [1.807, 2.05) is 36.2 Å².